The average molecular weight is 418 g/mol. The molecule has 6 nitrogen and oxygen atoms in total. The van der Waals surface area contributed by atoms with Crippen molar-refractivity contribution in [2.75, 3.05) is 26.9 Å². The van der Waals surface area contributed by atoms with Crippen LogP contribution in [-0.4, -0.2) is 42.7 Å². The van der Waals surface area contributed by atoms with Gasteiger partial charge in [-0.05, 0) is 55.6 Å². The standard InChI is InChI=1S/C25H26N2O4/c1-16-18-6-3-4-7-19(18)26-20(24(16)25(28)29-2)15-27-11-5-8-21(27)17-9-10-22-23(14-17)31-13-12-30-22/h3-4,6-7,9-10,14,21H,5,8,11-13,15H2,1-2H3/t21-/m1/s1. The van der Waals surface area contributed by atoms with Crippen LogP contribution in [0.25, 0.3) is 10.9 Å². The summed E-state index contributed by atoms with van der Waals surface area (Å²) >= 11 is 0. The van der Waals surface area contributed by atoms with E-state index in [1.807, 2.05) is 37.3 Å². The van der Waals surface area contributed by atoms with Crippen molar-refractivity contribution in [3.05, 3.63) is 64.8 Å². The van der Waals surface area contributed by atoms with Crippen LogP contribution < -0.4 is 9.47 Å². The van der Waals surface area contributed by atoms with Gasteiger partial charge in [0.05, 0.1) is 23.9 Å². The number of fused-ring (bicyclic) bond motifs is 2. The Morgan fingerprint density at radius 1 is 1.16 bits per heavy atom. The number of aryl methyl sites for hydroxylation is 1. The quantitative estimate of drug-likeness (QED) is 0.584. The predicted octanol–water partition coefficient (Wildman–Crippen LogP) is 4.44. The van der Waals surface area contributed by atoms with Gasteiger partial charge in [0.25, 0.3) is 0 Å². The Balaban J connectivity index is 1.50. The number of rotatable bonds is 4. The van der Waals surface area contributed by atoms with Crippen molar-refractivity contribution in [3.8, 4) is 11.5 Å². The summed E-state index contributed by atoms with van der Waals surface area (Å²) in [6, 6.07) is 14.4. The van der Waals surface area contributed by atoms with E-state index >= 15 is 0 Å². The first-order chi connectivity index (χ1) is 15.2. The van der Waals surface area contributed by atoms with Crippen LogP contribution in [0.5, 0.6) is 11.5 Å². The summed E-state index contributed by atoms with van der Waals surface area (Å²) in [6.07, 6.45) is 2.15. The lowest BCUT2D eigenvalue weighted by atomic mass is 10.00. The zero-order chi connectivity index (χ0) is 21.4. The van der Waals surface area contributed by atoms with Gasteiger partial charge in [-0.1, -0.05) is 24.3 Å². The molecule has 0 radical (unpaired) electrons. The molecule has 0 N–H and O–H groups in total. The monoisotopic (exact) mass is 418 g/mol. The third kappa shape index (κ3) is 3.61. The molecule has 0 spiro atoms. The van der Waals surface area contributed by atoms with E-state index in [4.69, 9.17) is 19.2 Å². The number of nitrogens with zero attached hydrogens (tertiary/aromatic N) is 2. The van der Waals surface area contributed by atoms with Gasteiger partial charge in [-0.25, -0.2) is 4.79 Å². The Hall–Kier alpha value is -3.12. The van der Waals surface area contributed by atoms with E-state index in [9.17, 15) is 4.79 Å². The van der Waals surface area contributed by atoms with Gasteiger partial charge < -0.3 is 14.2 Å². The molecule has 1 atom stereocenters. The number of aromatic nitrogens is 1. The number of para-hydroxylation sites is 1. The fraction of sp³-hybridized carbons (Fsp3) is 0.360. The molecule has 0 bridgehead atoms. The van der Waals surface area contributed by atoms with Gasteiger partial charge in [0, 0.05) is 18.0 Å². The Kier molecular flexibility index (Phi) is 5.24. The zero-order valence-electron chi connectivity index (χ0n) is 17.9. The molecule has 0 unspecified atom stereocenters. The lowest BCUT2D eigenvalue weighted by Gasteiger charge is -2.27. The van der Waals surface area contributed by atoms with Gasteiger partial charge >= 0.3 is 5.97 Å². The SMILES string of the molecule is COC(=O)c1c(CN2CCC[C@@H]2c2ccc3c(c2)OCCO3)nc2ccccc2c1C. The minimum atomic E-state index is -0.333. The number of likely N-dealkylation sites (tertiary alicyclic amines) is 1. The fourth-order valence-electron chi connectivity index (χ4n) is 4.78. The fourth-order valence-corrected chi connectivity index (χ4v) is 4.78. The molecule has 3 aromatic rings. The highest BCUT2D eigenvalue weighted by Crippen LogP contribution is 2.39. The smallest absolute Gasteiger partial charge is 0.340 e. The highest BCUT2D eigenvalue weighted by Gasteiger charge is 2.30. The molecule has 0 amide bonds. The van der Waals surface area contributed by atoms with Crippen molar-refractivity contribution in [1.82, 2.24) is 9.88 Å². The van der Waals surface area contributed by atoms with Crippen molar-refractivity contribution in [2.24, 2.45) is 0 Å². The third-order valence-electron chi connectivity index (χ3n) is 6.28. The Morgan fingerprint density at radius 3 is 2.81 bits per heavy atom. The number of carbonyl (C=O) groups excluding carboxylic acids is 1. The Labute approximate surface area is 181 Å². The molecule has 2 aliphatic rings. The molecule has 5 rings (SSSR count). The molecule has 1 saturated heterocycles. The van der Waals surface area contributed by atoms with E-state index in [2.05, 4.69) is 17.0 Å². The highest BCUT2D eigenvalue weighted by molar-refractivity contribution is 5.98. The van der Waals surface area contributed by atoms with Crippen LogP contribution in [0.15, 0.2) is 42.5 Å². The molecule has 2 aromatic carbocycles. The molecule has 1 fully saturated rings. The molecule has 3 heterocycles. The topological polar surface area (TPSA) is 60.9 Å². The maximum atomic E-state index is 12.7. The van der Waals surface area contributed by atoms with Gasteiger partial charge in [0.15, 0.2) is 11.5 Å². The van der Waals surface area contributed by atoms with E-state index < -0.39 is 0 Å². The first-order valence-corrected chi connectivity index (χ1v) is 10.8. The lowest BCUT2D eigenvalue weighted by molar-refractivity contribution is 0.0596. The van der Waals surface area contributed by atoms with E-state index in [0.29, 0.717) is 25.3 Å². The summed E-state index contributed by atoms with van der Waals surface area (Å²) in [7, 11) is 1.43. The third-order valence-corrected chi connectivity index (χ3v) is 6.28. The van der Waals surface area contributed by atoms with Crippen LogP contribution in [0, 0.1) is 6.92 Å². The van der Waals surface area contributed by atoms with Crippen LogP contribution in [0.3, 0.4) is 0 Å². The second-order valence-electron chi connectivity index (χ2n) is 8.10. The van der Waals surface area contributed by atoms with Gasteiger partial charge in [0.2, 0.25) is 0 Å². The summed E-state index contributed by atoms with van der Waals surface area (Å²) in [5, 5.41) is 0.983. The first-order valence-electron chi connectivity index (χ1n) is 10.8. The summed E-state index contributed by atoms with van der Waals surface area (Å²) in [4.78, 5) is 20.0. The number of pyridine rings is 1. The number of methoxy groups -OCH3 is 1. The van der Waals surface area contributed by atoms with Crippen LogP contribution in [0.2, 0.25) is 0 Å². The molecule has 2 aliphatic heterocycles. The van der Waals surface area contributed by atoms with E-state index in [-0.39, 0.29) is 12.0 Å². The van der Waals surface area contributed by atoms with E-state index in [1.165, 1.54) is 12.7 Å². The molecule has 0 aliphatic carbocycles. The van der Waals surface area contributed by atoms with Crippen LogP contribution in [0.4, 0.5) is 0 Å². The van der Waals surface area contributed by atoms with Crippen LogP contribution in [0.1, 0.15) is 46.1 Å². The molecule has 31 heavy (non-hydrogen) atoms. The summed E-state index contributed by atoms with van der Waals surface area (Å²) < 4.78 is 16.6. The average Bonchev–Trinajstić information content (AvgIpc) is 3.26. The number of ether oxygens (including phenoxy) is 3. The van der Waals surface area contributed by atoms with Crippen molar-refractivity contribution in [2.45, 2.75) is 32.4 Å². The van der Waals surface area contributed by atoms with Crippen molar-refractivity contribution in [3.63, 3.8) is 0 Å². The maximum absolute atomic E-state index is 12.7. The van der Waals surface area contributed by atoms with E-state index in [0.717, 1.165) is 53.0 Å². The molecule has 6 heteroatoms. The minimum absolute atomic E-state index is 0.245. The number of hydrogen-bond acceptors (Lipinski definition) is 6. The van der Waals surface area contributed by atoms with E-state index in [1.54, 1.807) is 0 Å². The molecule has 1 aromatic heterocycles. The van der Waals surface area contributed by atoms with Gasteiger partial charge in [-0.3, -0.25) is 9.88 Å². The van der Waals surface area contributed by atoms with Crippen molar-refractivity contribution in [1.29, 1.82) is 0 Å². The maximum Gasteiger partial charge on any atom is 0.340 e. The largest absolute Gasteiger partial charge is 0.486 e. The number of esters is 1. The highest BCUT2D eigenvalue weighted by atomic mass is 16.6. The predicted molar refractivity (Wildman–Crippen MR) is 118 cm³/mol. The van der Waals surface area contributed by atoms with Crippen LogP contribution >= 0.6 is 0 Å². The van der Waals surface area contributed by atoms with Crippen molar-refractivity contribution < 1.29 is 19.0 Å². The normalized spacial score (nSPS) is 18.3. The Bertz CT molecular complexity index is 1140. The number of carbonyl (C=O) groups is 1. The molecular weight excluding hydrogens is 392 g/mol. The summed E-state index contributed by atoms with van der Waals surface area (Å²) in [5.41, 5.74) is 4.38. The van der Waals surface area contributed by atoms with Crippen LogP contribution in [-0.2, 0) is 11.3 Å². The summed E-state index contributed by atoms with van der Waals surface area (Å²) in [6.45, 7) is 4.68. The second kappa shape index (κ2) is 8.19. The minimum Gasteiger partial charge on any atom is -0.486 e. The first kappa shape index (κ1) is 19.8. The lowest BCUT2D eigenvalue weighted by Crippen LogP contribution is -2.25. The van der Waals surface area contributed by atoms with Crippen molar-refractivity contribution >= 4 is 16.9 Å². The molecule has 0 saturated carbocycles. The second-order valence-corrected chi connectivity index (χ2v) is 8.10. The summed E-state index contributed by atoms with van der Waals surface area (Å²) in [5.74, 6) is 1.28. The Morgan fingerprint density at radius 2 is 1.97 bits per heavy atom. The molecular formula is C25H26N2O4. The zero-order valence-corrected chi connectivity index (χ0v) is 17.9. The van der Waals surface area contributed by atoms with Gasteiger partial charge in [0.1, 0.15) is 13.2 Å². The van der Waals surface area contributed by atoms with Gasteiger partial charge in [-0.2, -0.15) is 0 Å². The molecule has 160 valence electrons. The van der Waals surface area contributed by atoms with Gasteiger partial charge in [-0.15, -0.1) is 0 Å². The number of hydrogen-bond donors (Lipinski definition) is 0. The number of benzene rings is 2.